The molecule has 0 radical (unpaired) electrons. The van der Waals surface area contributed by atoms with Crippen LogP contribution in [0.4, 0.5) is 5.69 Å². The van der Waals surface area contributed by atoms with Crippen LogP contribution in [-0.2, 0) is 0 Å². The van der Waals surface area contributed by atoms with Crippen molar-refractivity contribution in [3.05, 3.63) is 41.6 Å². The van der Waals surface area contributed by atoms with Crippen LogP contribution >= 0.6 is 0 Å². The van der Waals surface area contributed by atoms with E-state index < -0.39 is 11.9 Å². The quantitative estimate of drug-likeness (QED) is 0.880. The maximum Gasteiger partial charge on any atom is 0.339 e. The van der Waals surface area contributed by atoms with Crippen molar-refractivity contribution in [2.75, 3.05) is 12.4 Å². The van der Waals surface area contributed by atoms with Crippen LogP contribution in [0.25, 0.3) is 0 Å². The van der Waals surface area contributed by atoms with Gasteiger partial charge in [-0.3, -0.25) is 4.79 Å². The predicted octanol–water partition coefficient (Wildman–Crippen LogP) is 2.76. The molecule has 2 aromatic rings. The average molecular weight is 304 g/mol. The second-order valence-electron chi connectivity index (χ2n) is 4.89. The van der Waals surface area contributed by atoms with E-state index >= 15 is 0 Å². The fraction of sp³-hybridized carbons (Fsp3) is 0.267. The number of oxazole rings is 1. The van der Waals surface area contributed by atoms with E-state index in [0.717, 1.165) is 0 Å². The van der Waals surface area contributed by atoms with E-state index in [0.29, 0.717) is 11.4 Å². The van der Waals surface area contributed by atoms with Crippen molar-refractivity contribution in [3.63, 3.8) is 0 Å². The van der Waals surface area contributed by atoms with Crippen LogP contribution in [0, 0.1) is 0 Å². The molecule has 0 fully saturated rings. The highest BCUT2D eigenvalue weighted by Gasteiger charge is 2.20. The molecular weight excluding hydrogens is 288 g/mol. The van der Waals surface area contributed by atoms with E-state index in [1.165, 1.54) is 31.7 Å². The third kappa shape index (κ3) is 3.08. The number of benzene rings is 1. The van der Waals surface area contributed by atoms with E-state index in [1.807, 2.05) is 13.8 Å². The van der Waals surface area contributed by atoms with Gasteiger partial charge in [0.25, 0.3) is 5.91 Å². The van der Waals surface area contributed by atoms with E-state index in [4.69, 9.17) is 14.3 Å². The van der Waals surface area contributed by atoms with Crippen molar-refractivity contribution in [1.29, 1.82) is 0 Å². The number of amides is 1. The standard InChI is InChI=1S/C15H16N2O5/c1-8(2)13-12(16-7-22-13)14(18)17-9-4-5-10(15(19)20)11(6-9)21-3/h4-8H,1-3H3,(H,17,18)(H,19,20). The van der Waals surface area contributed by atoms with Crippen molar-refractivity contribution < 1.29 is 23.8 Å². The van der Waals surface area contributed by atoms with Crippen molar-refractivity contribution in [3.8, 4) is 5.75 Å². The van der Waals surface area contributed by atoms with Crippen molar-refractivity contribution >= 4 is 17.6 Å². The molecule has 0 aliphatic heterocycles. The number of nitrogens with zero attached hydrogens (tertiary/aromatic N) is 1. The monoisotopic (exact) mass is 304 g/mol. The third-order valence-electron chi connectivity index (χ3n) is 3.02. The summed E-state index contributed by atoms with van der Waals surface area (Å²) in [5.74, 6) is -0.857. The Bertz CT molecular complexity index is 706. The molecule has 2 N–H and O–H groups in total. The first kappa shape index (κ1) is 15.6. The van der Waals surface area contributed by atoms with Gasteiger partial charge < -0.3 is 19.6 Å². The number of carboxylic acid groups (broad SMARTS) is 1. The minimum absolute atomic E-state index is 0.0183. The van der Waals surface area contributed by atoms with Crippen LogP contribution in [0.5, 0.6) is 5.75 Å². The Balaban J connectivity index is 2.25. The lowest BCUT2D eigenvalue weighted by molar-refractivity contribution is 0.0693. The fourth-order valence-electron chi connectivity index (χ4n) is 1.97. The molecule has 1 aromatic carbocycles. The number of carbonyl (C=O) groups excluding carboxylic acids is 1. The van der Waals surface area contributed by atoms with Gasteiger partial charge >= 0.3 is 5.97 Å². The molecule has 116 valence electrons. The number of aromatic carboxylic acids is 1. The molecule has 0 bridgehead atoms. The molecule has 1 aromatic heterocycles. The number of aromatic nitrogens is 1. The van der Waals surface area contributed by atoms with Gasteiger partial charge in [0.05, 0.1) is 7.11 Å². The Morgan fingerprint density at radius 1 is 1.36 bits per heavy atom. The van der Waals surface area contributed by atoms with E-state index in [-0.39, 0.29) is 22.9 Å². The number of carboxylic acids is 1. The molecule has 2 rings (SSSR count). The Hall–Kier alpha value is -2.83. The zero-order chi connectivity index (χ0) is 16.3. The molecular formula is C15H16N2O5. The largest absolute Gasteiger partial charge is 0.496 e. The third-order valence-corrected chi connectivity index (χ3v) is 3.02. The van der Waals surface area contributed by atoms with Gasteiger partial charge in [0, 0.05) is 17.7 Å². The number of hydrogen-bond donors (Lipinski definition) is 2. The SMILES string of the molecule is COc1cc(NC(=O)c2ncoc2C(C)C)ccc1C(=O)O. The van der Waals surface area contributed by atoms with Crippen molar-refractivity contribution in [2.45, 2.75) is 19.8 Å². The molecule has 22 heavy (non-hydrogen) atoms. The minimum Gasteiger partial charge on any atom is -0.496 e. The Kier molecular flexibility index (Phi) is 4.45. The molecule has 0 saturated carbocycles. The van der Waals surface area contributed by atoms with Crippen LogP contribution in [0.2, 0.25) is 0 Å². The van der Waals surface area contributed by atoms with Gasteiger partial charge in [0.1, 0.15) is 17.1 Å². The minimum atomic E-state index is -1.10. The summed E-state index contributed by atoms with van der Waals surface area (Å²) in [6.07, 6.45) is 1.22. The molecule has 1 amide bonds. The summed E-state index contributed by atoms with van der Waals surface area (Å²) in [6.45, 7) is 3.78. The van der Waals surface area contributed by atoms with Crippen LogP contribution < -0.4 is 10.1 Å². The van der Waals surface area contributed by atoms with Crippen LogP contribution in [0.1, 0.15) is 46.4 Å². The first-order valence-corrected chi connectivity index (χ1v) is 6.60. The number of ether oxygens (including phenoxy) is 1. The van der Waals surface area contributed by atoms with E-state index in [2.05, 4.69) is 10.3 Å². The molecule has 0 spiro atoms. The summed E-state index contributed by atoms with van der Waals surface area (Å²) in [6, 6.07) is 4.29. The van der Waals surface area contributed by atoms with Gasteiger partial charge in [0.2, 0.25) is 0 Å². The molecule has 1 heterocycles. The number of hydrogen-bond acceptors (Lipinski definition) is 5. The highest BCUT2D eigenvalue weighted by atomic mass is 16.5. The molecule has 0 aliphatic rings. The van der Waals surface area contributed by atoms with Gasteiger partial charge in [0.15, 0.2) is 12.1 Å². The number of methoxy groups -OCH3 is 1. The lowest BCUT2D eigenvalue weighted by Crippen LogP contribution is -2.15. The summed E-state index contributed by atoms with van der Waals surface area (Å²) in [5.41, 5.74) is 0.630. The Morgan fingerprint density at radius 3 is 2.68 bits per heavy atom. The van der Waals surface area contributed by atoms with Crippen molar-refractivity contribution in [2.24, 2.45) is 0 Å². The maximum atomic E-state index is 12.2. The molecule has 0 unspecified atom stereocenters. The number of carbonyl (C=O) groups is 2. The Labute approximate surface area is 126 Å². The van der Waals surface area contributed by atoms with Crippen LogP contribution in [-0.4, -0.2) is 29.1 Å². The second kappa shape index (κ2) is 6.30. The van der Waals surface area contributed by atoms with Gasteiger partial charge in [-0.05, 0) is 12.1 Å². The lowest BCUT2D eigenvalue weighted by Gasteiger charge is -2.09. The van der Waals surface area contributed by atoms with E-state index in [1.54, 1.807) is 0 Å². The zero-order valence-electron chi connectivity index (χ0n) is 12.4. The Morgan fingerprint density at radius 2 is 2.09 bits per heavy atom. The highest BCUT2D eigenvalue weighted by Crippen LogP contribution is 2.24. The summed E-state index contributed by atoms with van der Waals surface area (Å²) < 4.78 is 10.2. The molecule has 0 aliphatic carbocycles. The highest BCUT2D eigenvalue weighted by molar-refractivity contribution is 6.04. The van der Waals surface area contributed by atoms with Gasteiger partial charge in [-0.25, -0.2) is 9.78 Å². The van der Waals surface area contributed by atoms with Crippen molar-refractivity contribution in [1.82, 2.24) is 4.98 Å². The smallest absolute Gasteiger partial charge is 0.339 e. The second-order valence-corrected chi connectivity index (χ2v) is 4.89. The summed E-state index contributed by atoms with van der Waals surface area (Å²) in [4.78, 5) is 27.2. The summed E-state index contributed by atoms with van der Waals surface area (Å²) in [7, 11) is 1.36. The normalized spacial score (nSPS) is 10.5. The van der Waals surface area contributed by atoms with Gasteiger partial charge in [-0.1, -0.05) is 13.8 Å². The van der Waals surface area contributed by atoms with E-state index in [9.17, 15) is 9.59 Å². The fourth-order valence-corrected chi connectivity index (χ4v) is 1.97. The lowest BCUT2D eigenvalue weighted by atomic mass is 10.1. The summed E-state index contributed by atoms with van der Waals surface area (Å²) in [5, 5.41) is 11.7. The molecule has 7 heteroatoms. The number of anilines is 1. The number of nitrogens with one attached hydrogen (secondary N) is 1. The zero-order valence-corrected chi connectivity index (χ0v) is 12.4. The first-order valence-electron chi connectivity index (χ1n) is 6.60. The van der Waals surface area contributed by atoms with Gasteiger partial charge in [-0.2, -0.15) is 0 Å². The molecule has 0 atom stereocenters. The molecule has 7 nitrogen and oxygen atoms in total. The predicted molar refractivity (Wildman–Crippen MR) is 78.5 cm³/mol. The first-order chi connectivity index (χ1) is 10.4. The van der Waals surface area contributed by atoms with Crippen LogP contribution in [0.3, 0.4) is 0 Å². The van der Waals surface area contributed by atoms with Crippen LogP contribution in [0.15, 0.2) is 29.0 Å². The molecule has 0 saturated heterocycles. The maximum absolute atomic E-state index is 12.2. The number of rotatable bonds is 5. The topological polar surface area (TPSA) is 102 Å². The summed E-state index contributed by atoms with van der Waals surface area (Å²) >= 11 is 0. The van der Waals surface area contributed by atoms with Gasteiger partial charge in [-0.15, -0.1) is 0 Å². The average Bonchev–Trinajstić information content (AvgIpc) is 2.96.